The van der Waals surface area contributed by atoms with Crippen LogP contribution >= 0.6 is 0 Å². The van der Waals surface area contributed by atoms with E-state index < -0.39 is 0 Å². The number of aliphatic hydroxyl groups is 1. The van der Waals surface area contributed by atoms with Crippen molar-refractivity contribution in [2.75, 3.05) is 6.61 Å². The smallest absolute Gasteiger partial charge is 0.132 e. The first-order valence-corrected chi connectivity index (χ1v) is 12.5. The molecule has 0 spiro atoms. The summed E-state index contributed by atoms with van der Waals surface area (Å²) >= 11 is 0. The summed E-state index contributed by atoms with van der Waals surface area (Å²) in [5.41, 5.74) is 1.52. The zero-order valence-electron chi connectivity index (χ0n) is 19.0. The number of hydrogen-bond acceptors (Lipinski definition) is 2. The largest absolute Gasteiger partial charge is 0.396 e. The molecule has 166 valence electrons. The van der Waals surface area contributed by atoms with E-state index in [1.165, 1.54) is 89.0 Å². The van der Waals surface area contributed by atoms with Crippen molar-refractivity contribution < 1.29 is 9.90 Å². The van der Waals surface area contributed by atoms with Gasteiger partial charge in [-0.2, -0.15) is 0 Å². The van der Waals surface area contributed by atoms with Gasteiger partial charge in [0.1, 0.15) is 5.78 Å². The molecule has 0 saturated heterocycles. The van der Waals surface area contributed by atoms with E-state index in [9.17, 15) is 4.79 Å². The Kier molecular flexibility index (Phi) is 16.8. The van der Waals surface area contributed by atoms with Crippen molar-refractivity contribution in [1.29, 1.82) is 0 Å². The van der Waals surface area contributed by atoms with E-state index in [-0.39, 0.29) is 6.61 Å². The fraction of sp³-hybridized carbons (Fsp3) is 0.741. The topological polar surface area (TPSA) is 37.3 Å². The van der Waals surface area contributed by atoms with Gasteiger partial charge in [0, 0.05) is 19.4 Å². The normalized spacial score (nSPS) is 12.2. The van der Waals surface area contributed by atoms with Gasteiger partial charge in [-0.15, -0.1) is 0 Å². The third-order valence-corrected chi connectivity index (χ3v) is 6.05. The Balaban J connectivity index is 2.17. The molecule has 0 fully saturated rings. The second kappa shape index (κ2) is 18.9. The summed E-state index contributed by atoms with van der Waals surface area (Å²) in [6, 6.07) is 11.1. The van der Waals surface area contributed by atoms with Crippen LogP contribution in [-0.2, 0) is 4.79 Å². The maximum absolute atomic E-state index is 11.6. The zero-order chi connectivity index (χ0) is 21.0. The van der Waals surface area contributed by atoms with Crippen LogP contribution in [0.1, 0.15) is 128 Å². The van der Waals surface area contributed by atoms with Gasteiger partial charge in [0.05, 0.1) is 0 Å². The fourth-order valence-corrected chi connectivity index (χ4v) is 4.20. The summed E-state index contributed by atoms with van der Waals surface area (Å²) in [5.74, 6) is 1.03. The van der Waals surface area contributed by atoms with Crippen LogP contribution < -0.4 is 0 Å². The molecule has 1 N–H and O–H groups in total. The quantitative estimate of drug-likeness (QED) is 0.224. The number of rotatable bonds is 20. The minimum Gasteiger partial charge on any atom is -0.396 e. The maximum Gasteiger partial charge on any atom is 0.132 e. The van der Waals surface area contributed by atoms with Crippen LogP contribution in [0.2, 0.25) is 0 Å². The number of carbonyl (C=O) groups excluding carboxylic acids is 1. The lowest BCUT2D eigenvalue weighted by Crippen LogP contribution is -2.00. The summed E-state index contributed by atoms with van der Waals surface area (Å²) in [5, 5.41) is 8.77. The van der Waals surface area contributed by atoms with E-state index in [0.29, 0.717) is 31.0 Å². The lowest BCUT2D eigenvalue weighted by Gasteiger charge is -2.17. The fourth-order valence-electron chi connectivity index (χ4n) is 4.20. The zero-order valence-corrected chi connectivity index (χ0v) is 19.0. The molecule has 0 saturated carbocycles. The second-order valence-electron chi connectivity index (χ2n) is 8.69. The molecule has 1 unspecified atom stereocenters. The van der Waals surface area contributed by atoms with E-state index in [2.05, 4.69) is 37.3 Å². The number of ketones is 1. The van der Waals surface area contributed by atoms with Gasteiger partial charge in [0.2, 0.25) is 0 Å². The van der Waals surface area contributed by atoms with Crippen molar-refractivity contribution in [3.63, 3.8) is 0 Å². The molecule has 1 rings (SSSR count). The predicted molar refractivity (Wildman–Crippen MR) is 125 cm³/mol. The molecule has 1 atom stereocenters. The molecule has 0 aliphatic carbocycles. The Bertz CT molecular complexity index is 483. The Hall–Kier alpha value is -1.15. The van der Waals surface area contributed by atoms with Crippen molar-refractivity contribution in [2.45, 2.75) is 122 Å². The third kappa shape index (κ3) is 14.5. The van der Waals surface area contributed by atoms with Gasteiger partial charge in [0.25, 0.3) is 0 Å². The summed E-state index contributed by atoms with van der Waals surface area (Å²) in [6.45, 7) is 2.41. The van der Waals surface area contributed by atoms with Gasteiger partial charge in [-0.1, -0.05) is 108 Å². The van der Waals surface area contributed by atoms with E-state index in [0.717, 1.165) is 6.42 Å². The van der Waals surface area contributed by atoms with Crippen LogP contribution in [0.15, 0.2) is 30.3 Å². The molecule has 0 aliphatic rings. The van der Waals surface area contributed by atoms with Crippen LogP contribution in [0.5, 0.6) is 0 Å². The molecule has 2 nitrogen and oxygen atoms in total. The highest BCUT2D eigenvalue weighted by Gasteiger charge is 2.11. The molecule has 2 heteroatoms. The molecule has 0 amide bonds. The highest BCUT2D eigenvalue weighted by molar-refractivity contribution is 5.78. The Morgan fingerprint density at radius 1 is 0.724 bits per heavy atom. The number of unbranched alkanes of at least 4 members (excludes halogenated alkanes) is 10. The first-order chi connectivity index (χ1) is 14.3. The first kappa shape index (κ1) is 25.9. The Morgan fingerprint density at radius 2 is 1.24 bits per heavy atom. The molecule has 0 radical (unpaired) electrons. The van der Waals surface area contributed by atoms with Crippen molar-refractivity contribution in [3.05, 3.63) is 35.9 Å². The molecular weight excluding hydrogens is 356 g/mol. The monoisotopic (exact) mass is 402 g/mol. The molecule has 0 bridgehead atoms. The lowest BCUT2D eigenvalue weighted by molar-refractivity contribution is -0.119. The van der Waals surface area contributed by atoms with Crippen molar-refractivity contribution in [3.8, 4) is 0 Å². The van der Waals surface area contributed by atoms with Crippen LogP contribution in [0.3, 0.4) is 0 Å². The SMILES string of the molecule is CCCCCCCCCC(CCCCCCCC(=O)CCCO)c1ccccc1. The van der Waals surface area contributed by atoms with Crippen LogP contribution in [-0.4, -0.2) is 17.5 Å². The molecule has 0 aromatic heterocycles. The predicted octanol–water partition coefficient (Wildman–Crippen LogP) is 7.98. The Labute approximate surface area is 180 Å². The summed E-state index contributed by atoms with van der Waals surface area (Å²) in [4.78, 5) is 11.6. The van der Waals surface area contributed by atoms with Crippen LogP contribution in [0.4, 0.5) is 0 Å². The van der Waals surface area contributed by atoms with Gasteiger partial charge in [-0.05, 0) is 37.2 Å². The van der Waals surface area contributed by atoms with Gasteiger partial charge in [-0.25, -0.2) is 0 Å². The molecule has 1 aromatic rings. The minimum absolute atomic E-state index is 0.132. The van der Waals surface area contributed by atoms with E-state index in [1.807, 2.05) is 0 Å². The van der Waals surface area contributed by atoms with Gasteiger partial charge >= 0.3 is 0 Å². The van der Waals surface area contributed by atoms with Gasteiger partial charge < -0.3 is 5.11 Å². The number of Topliss-reactive ketones (excluding diaryl/α,β-unsaturated/α-hetero) is 1. The average molecular weight is 403 g/mol. The minimum atomic E-state index is 0.132. The standard InChI is InChI=1S/C27H46O2/c1-2-3-4-5-6-8-12-18-25(26-20-14-11-15-21-26)19-13-9-7-10-16-22-27(29)23-17-24-28/h11,14-15,20-21,25,28H,2-10,12-13,16-19,22-24H2,1H3. The lowest BCUT2D eigenvalue weighted by atomic mass is 9.88. The van der Waals surface area contributed by atoms with Crippen molar-refractivity contribution in [1.82, 2.24) is 0 Å². The number of carbonyl (C=O) groups is 1. The number of benzene rings is 1. The number of aliphatic hydroxyl groups excluding tert-OH is 1. The van der Waals surface area contributed by atoms with Gasteiger partial charge in [-0.3, -0.25) is 4.79 Å². The molecule has 0 aliphatic heterocycles. The highest BCUT2D eigenvalue weighted by Crippen LogP contribution is 2.28. The Morgan fingerprint density at radius 3 is 1.83 bits per heavy atom. The maximum atomic E-state index is 11.6. The molecule has 29 heavy (non-hydrogen) atoms. The average Bonchev–Trinajstić information content (AvgIpc) is 2.75. The molecule has 0 heterocycles. The molecule has 1 aromatic carbocycles. The third-order valence-electron chi connectivity index (χ3n) is 6.05. The van der Waals surface area contributed by atoms with Crippen molar-refractivity contribution >= 4 is 5.78 Å². The van der Waals surface area contributed by atoms with E-state index in [1.54, 1.807) is 0 Å². The summed E-state index contributed by atoms with van der Waals surface area (Å²) in [7, 11) is 0. The molecular formula is C27H46O2. The number of hydrogen-bond donors (Lipinski definition) is 1. The highest BCUT2D eigenvalue weighted by atomic mass is 16.3. The van der Waals surface area contributed by atoms with Crippen LogP contribution in [0, 0.1) is 0 Å². The van der Waals surface area contributed by atoms with E-state index >= 15 is 0 Å². The van der Waals surface area contributed by atoms with E-state index in [4.69, 9.17) is 5.11 Å². The first-order valence-electron chi connectivity index (χ1n) is 12.5. The van der Waals surface area contributed by atoms with Gasteiger partial charge in [0.15, 0.2) is 0 Å². The van der Waals surface area contributed by atoms with Crippen LogP contribution in [0.25, 0.3) is 0 Å². The summed E-state index contributed by atoms with van der Waals surface area (Å²) < 4.78 is 0. The summed E-state index contributed by atoms with van der Waals surface area (Å²) in [6.07, 6.45) is 20.2. The van der Waals surface area contributed by atoms with Crippen molar-refractivity contribution in [2.24, 2.45) is 0 Å². The second-order valence-corrected chi connectivity index (χ2v) is 8.69.